The molecule has 3 rings (SSSR count). The molecule has 7 heteroatoms. The molecule has 1 aromatic heterocycles. The molecule has 136 valence electrons. The third-order valence-electron chi connectivity index (χ3n) is 4.65. The predicted octanol–water partition coefficient (Wildman–Crippen LogP) is 2.52. The van der Waals surface area contributed by atoms with Gasteiger partial charge in [0.15, 0.2) is 5.03 Å². The minimum Gasteiger partial charge on any atom is -0.367 e. The summed E-state index contributed by atoms with van der Waals surface area (Å²) in [5.74, 6) is 0.219. The van der Waals surface area contributed by atoms with Crippen LogP contribution in [0.15, 0.2) is 41.6 Å². The van der Waals surface area contributed by atoms with Gasteiger partial charge >= 0.3 is 0 Å². The molecule has 2 heterocycles. The molecule has 2 atom stereocenters. The summed E-state index contributed by atoms with van der Waals surface area (Å²) in [7, 11) is -1.97. The number of morpholine rings is 1. The number of hydrogen-bond acceptors (Lipinski definition) is 4. The Labute approximate surface area is 149 Å². The highest BCUT2D eigenvalue weighted by Crippen LogP contribution is 2.31. The molecule has 0 aliphatic carbocycles. The molecule has 0 radical (unpaired) electrons. The highest BCUT2D eigenvalue weighted by Gasteiger charge is 2.38. The number of ether oxygens (including phenoxy) is 1. The van der Waals surface area contributed by atoms with Gasteiger partial charge in [-0.1, -0.05) is 44.2 Å². The van der Waals surface area contributed by atoms with Crippen molar-refractivity contribution in [2.45, 2.75) is 38.0 Å². The number of benzene rings is 1. The lowest BCUT2D eigenvalue weighted by Crippen LogP contribution is -2.49. The smallest absolute Gasteiger partial charge is 0.260 e. The van der Waals surface area contributed by atoms with Crippen molar-refractivity contribution >= 4 is 10.0 Å². The summed E-state index contributed by atoms with van der Waals surface area (Å²) >= 11 is 0. The Kier molecular flexibility index (Phi) is 4.99. The molecule has 1 aromatic carbocycles. The second-order valence-electron chi connectivity index (χ2n) is 6.90. The van der Waals surface area contributed by atoms with Gasteiger partial charge < -0.3 is 4.74 Å². The Morgan fingerprint density at radius 3 is 2.44 bits per heavy atom. The van der Waals surface area contributed by atoms with Crippen molar-refractivity contribution in [2.24, 2.45) is 13.0 Å². The van der Waals surface area contributed by atoms with Crippen LogP contribution in [0.2, 0.25) is 0 Å². The summed E-state index contributed by atoms with van der Waals surface area (Å²) in [6.45, 7) is 6.54. The van der Waals surface area contributed by atoms with Crippen LogP contribution in [0, 0.1) is 12.8 Å². The van der Waals surface area contributed by atoms with Gasteiger partial charge in [0, 0.05) is 25.7 Å². The Balaban J connectivity index is 1.97. The second kappa shape index (κ2) is 6.90. The molecule has 0 amide bonds. The van der Waals surface area contributed by atoms with E-state index in [2.05, 4.69) is 18.9 Å². The minimum atomic E-state index is -3.63. The van der Waals surface area contributed by atoms with Gasteiger partial charge in [0.1, 0.15) is 0 Å². The quantitative estimate of drug-likeness (QED) is 0.837. The monoisotopic (exact) mass is 363 g/mol. The van der Waals surface area contributed by atoms with Crippen molar-refractivity contribution in [3.8, 4) is 0 Å². The van der Waals surface area contributed by atoms with E-state index >= 15 is 0 Å². The average molecular weight is 363 g/mol. The maximum Gasteiger partial charge on any atom is 0.260 e. The van der Waals surface area contributed by atoms with Crippen LogP contribution in [0.25, 0.3) is 0 Å². The van der Waals surface area contributed by atoms with E-state index in [-0.39, 0.29) is 23.2 Å². The summed E-state index contributed by atoms with van der Waals surface area (Å²) in [4.78, 5) is 0. The number of nitrogens with zero attached hydrogens (tertiary/aromatic N) is 3. The van der Waals surface area contributed by atoms with Crippen LogP contribution in [0.4, 0.5) is 0 Å². The molecule has 1 saturated heterocycles. The fourth-order valence-electron chi connectivity index (χ4n) is 3.20. The van der Waals surface area contributed by atoms with Crippen LogP contribution in [0.1, 0.15) is 31.1 Å². The van der Waals surface area contributed by atoms with E-state index in [0.29, 0.717) is 18.7 Å². The lowest BCUT2D eigenvalue weighted by Gasteiger charge is -2.39. The van der Waals surface area contributed by atoms with E-state index in [4.69, 9.17) is 4.74 Å². The first-order valence-corrected chi connectivity index (χ1v) is 9.94. The zero-order valence-electron chi connectivity index (χ0n) is 15.1. The average Bonchev–Trinajstić information content (AvgIpc) is 2.94. The molecule has 0 unspecified atom stereocenters. The molecule has 6 nitrogen and oxygen atoms in total. The van der Waals surface area contributed by atoms with Crippen LogP contribution in [-0.4, -0.2) is 41.7 Å². The van der Waals surface area contributed by atoms with Crippen LogP contribution < -0.4 is 0 Å². The van der Waals surface area contributed by atoms with Crippen LogP contribution in [0.5, 0.6) is 0 Å². The van der Waals surface area contributed by atoms with Gasteiger partial charge in [0.05, 0.1) is 18.4 Å². The molecule has 1 fully saturated rings. The molecule has 0 saturated carbocycles. The molecular weight excluding hydrogens is 338 g/mol. The van der Waals surface area contributed by atoms with Gasteiger partial charge in [0.25, 0.3) is 10.0 Å². The van der Waals surface area contributed by atoms with Gasteiger partial charge in [-0.3, -0.25) is 4.68 Å². The third-order valence-corrected chi connectivity index (χ3v) is 6.70. The Bertz CT molecular complexity index is 811. The Morgan fingerprint density at radius 2 is 1.88 bits per heavy atom. The van der Waals surface area contributed by atoms with Crippen LogP contribution >= 0.6 is 0 Å². The van der Waals surface area contributed by atoms with Crippen molar-refractivity contribution in [3.05, 3.63) is 47.7 Å². The Morgan fingerprint density at radius 1 is 1.20 bits per heavy atom. The van der Waals surface area contributed by atoms with E-state index in [1.807, 2.05) is 30.3 Å². The fraction of sp³-hybridized carbons (Fsp3) is 0.500. The number of hydrogen-bond donors (Lipinski definition) is 0. The standard InChI is InChI=1S/C18H25N3O3S/c1-13(2)16-11-21(12-17(24-16)15-8-6-5-7-9-15)25(22,23)18-14(3)10-19-20(18)4/h5-10,13,16-17H,11-12H2,1-4H3/t16-,17+/m1/s1. The molecule has 25 heavy (non-hydrogen) atoms. The predicted molar refractivity (Wildman–Crippen MR) is 95.6 cm³/mol. The van der Waals surface area contributed by atoms with E-state index in [9.17, 15) is 8.42 Å². The lowest BCUT2D eigenvalue weighted by molar-refractivity contribution is -0.0847. The number of aromatic nitrogens is 2. The van der Waals surface area contributed by atoms with Gasteiger partial charge in [0.2, 0.25) is 0 Å². The second-order valence-corrected chi connectivity index (χ2v) is 8.75. The normalized spacial score (nSPS) is 22.4. The molecule has 0 bridgehead atoms. The van der Waals surface area contributed by atoms with Crippen molar-refractivity contribution in [2.75, 3.05) is 13.1 Å². The summed E-state index contributed by atoms with van der Waals surface area (Å²) in [5, 5.41) is 4.34. The summed E-state index contributed by atoms with van der Waals surface area (Å²) in [6.07, 6.45) is 1.16. The van der Waals surface area contributed by atoms with Crippen LogP contribution in [-0.2, 0) is 21.8 Å². The highest BCUT2D eigenvalue weighted by atomic mass is 32.2. The zero-order valence-corrected chi connectivity index (χ0v) is 15.9. The first kappa shape index (κ1) is 18.1. The van der Waals surface area contributed by atoms with Gasteiger partial charge in [-0.2, -0.15) is 9.40 Å². The number of sulfonamides is 1. The molecule has 2 aromatic rings. The SMILES string of the molecule is Cc1cnn(C)c1S(=O)(=O)N1C[C@@H](c2ccccc2)O[C@@H](C(C)C)C1. The van der Waals surface area contributed by atoms with E-state index in [0.717, 1.165) is 5.56 Å². The first-order valence-electron chi connectivity index (χ1n) is 8.50. The van der Waals surface area contributed by atoms with Crippen molar-refractivity contribution in [1.82, 2.24) is 14.1 Å². The first-order chi connectivity index (χ1) is 11.8. The zero-order chi connectivity index (χ0) is 18.2. The van der Waals surface area contributed by atoms with Crippen molar-refractivity contribution in [1.29, 1.82) is 0 Å². The van der Waals surface area contributed by atoms with Crippen molar-refractivity contribution in [3.63, 3.8) is 0 Å². The fourth-order valence-corrected chi connectivity index (χ4v) is 4.96. The molecule has 1 aliphatic heterocycles. The number of aryl methyl sites for hydroxylation is 2. The number of rotatable bonds is 4. The Hall–Kier alpha value is -1.70. The molecule has 0 N–H and O–H groups in total. The van der Waals surface area contributed by atoms with E-state index < -0.39 is 10.0 Å². The molecular formula is C18H25N3O3S. The van der Waals surface area contributed by atoms with E-state index in [1.165, 1.54) is 4.68 Å². The topological polar surface area (TPSA) is 64.4 Å². The maximum absolute atomic E-state index is 13.2. The summed E-state index contributed by atoms with van der Waals surface area (Å²) in [5.41, 5.74) is 1.65. The largest absolute Gasteiger partial charge is 0.367 e. The van der Waals surface area contributed by atoms with Crippen molar-refractivity contribution < 1.29 is 13.2 Å². The lowest BCUT2D eigenvalue weighted by atomic mass is 10.0. The van der Waals surface area contributed by atoms with Gasteiger partial charge in [-0.05, 0) is 18.4 Å². The minimum absolute atomic E-state index is 0.151. The summed E-state index contributed by atoms with van der Waals surface area (Å²) in [6, 6.07) is 9.80. The highest BCUT2D eigenvalue weighted by molar-refractivity contribution is 7.89. The maximum atomic E-state index is 13.2. The molecule has 1 aliphatic rings. The van der Waals surface area contributed by atoms with Crippen LogP contribution in [0.3, 0.4) is 0 Å². The third kappa shape index (κ3) is 3.49. The van der Waals surface area contributed by atoms with E-state index in [1.54, 1.807) is 24.5 Å². The molecule has 0 spiro atoms. The summed E-state index contributed by atoms with van der Waals surface area (Å²) < 4.78 is 35.7. The van der Waals surface area contributed by atoms with Gasteiger partial charge in [-0.15, -0.1) is 0 Å². The van der Waals surface area contributed by atoms with Gasteiger partial charge in [-0.25, -0.2) is 8.42 Å².